The Balaban J connectivity index is 1.33. The molecule has 3 aromatic carbocycles. The number of fused-ring (bicyclic) bond motifs is 3. The van der Waals surface area contributed by atoms with E-state index >= 15 is 0 Å². The molecule has 0 bridgehead atoms. The highest BCUT2D eigenvalue weighted by molar-refractivity contribution is 9.10. The Morgan fingerprint density at radius 1 is 0.960 bits per heavy atom. The van der Waals surface area contributed by atoms with Crippen molar-refractivity contribution in [2.24, 2.45) is 0 Å². The molecule has 0 aliphatic carbocycles. The van der Waals surface area contributed by atoms with Crippen LogP contribution in [-0.2, 0) is 31.5 Å². The van der Waals surface area contributed by atoms with Crippen molar-refractivity contribution in [2.75, 3.05) is 0 Å². The number of nitrogens with zero attached hydrogens (tertiary/aromatic N) is 6. The highest BCUT2D eigenvalue weighted by Gasteiger charge is 2.36. The molecule has 0 radical (unpaired) electrons. The topological polar surface area (TPSA) is 77.4 Å². The largest absolute Gasteiger partial charge is 0.417 e. The lowest BCUT2D eigenvalue weighted by Gasteiger charge is -2.35. The summed E-state index contributed by atoms with van der Waals surface area (Å²) >= 11 is 2.93. The molecule has 4 heterocycles. The molecule has 0 saturated heterocycles. The molecule has 1 aliphatic heterocycles. The zero-order chi connectivity index (χ0) is 35.5. The van der Waals surface area contributed by atoms with Gasteiger partial charge in [-0.15, -0.1) is 0 Å². The van der Waals surface area contributed by atoms with Gasteiger partial charge in [0.2, 0.25) is 0 Å². The third-order valence-corrected chi connectivity index (χ3v) is 9.57. The molecule has 7 rings (SSSR count). The van der Waals surface area contributed by atoms with Crippen molar-refractivity contribution >= 4 is 27.5 Å². The molecule has 0 N–H and O–H groups in total. The Labute approximate surface area is 290 Å². The lowest BCUT2D eigenvalue weighted by Crippen LogP contribution is -2.46. The maximum atomic E-state index is 14.5. The summed E-state index contributed by atoms with van der Waals surface area (Å²) < 4.78 is 73.0. The van der Waals surface area contributed by atoms with Crippen molar-refractivity contribution in [1.29, 1.82) is 0 Å². The molecule has 8 nitrogen and oxygen atoms in total. The standard InChI is InChI=1S/C36H28BrF5N6O2/c1-21-16-27-30(20-45(21)33(49)23-8-13-29(37)28(18-23)36(40,41)42)48-32(24(19-43-48)17-22-6-4-3-5-7-22)47(34(27)50)26-11-9-25(10-12-26)46-15-14-31(44-46)35(2,38)39/h3-15,18-19,21H,16-17,20H2,1-2H3/t21-/m0/s1. The van der Waals surface area contributed by atoms with E-state index in [4.69, 9.17) is 0 Å². The Hall–Kier alpha value is -5.11. The van der Waals surface area contributed by atoms with Gasteiger partial charge in [-0.2, -0.15) is 32.1 Å². The second kappa shape index (κ2) is 12.3. The van der Waals surface area contributed by atoms with E-state index < -0.39 is 29.6 Å². The van der Waals surface area contributed by atoms with Crippen LogP contribution in [0, 0.1) is 0 Å². The summed E-state index contributed by atoms with van der Waals surface area (Å²) in [5.74, 6) is -3.71. The van der Waals surface area contributed by atoms with Crippen LogP contribution in [0.25, 0.3) is 17.0 Å². The fourth-order valence-electron chi connectivity index (χ4n) is 6.33. The van der Waals surface area contributed by atoms with Crippen molar-refractivity contribution in [1.82, 2.24) is 28.9 Å². The first-order chi connectivity index (χ1) is 23.7. The van der Waals surface area contributed by atoms with E-state index in [1.807, 2.05) is 30.3 Å². The lowest BCUT2D eigenvalue weighted by molar-refractivity contribution is -0.138. The van der Waals surface area contributed by atoms with E-state index in [9.17, 15) is 31.5 Å². The minimum absolute atomic E-state index is 0.0611. The first kappa shape index (κ1) is 33.4. The predicted molar refractivity (Wildman–Crippen MR) is 179 cm³/mol. The normalized spacial score (nSPS) is 15.0. The third-order valence-electron chi connectivity index (χ3n) is 8.87. The molecule has 1 aliphatic rings. The highest BCUT2D eigenvalue weighted by atomic mass is 79.9. The summed E-state index contributed by atoms with van der Waals surface area (Å²) in [7, 11) is 0. The number of carbonyl (C=O) groups is 1. The number of alkyl halides is 5. The number of hydrogen-bond acceptors (Lipinski definition) is 4. The van der Waals surface area contributed by atoms with Crippen LogP contribution in [0.1, 0.15) is 57.8 Å². The monoisotopic (exact) mass is 750 g/mol. The SMILES string of the molecule is C[C@H]1Cc2c(n3ncc(Cc4ccccc4)c3n(-c3ccc(-n4ccc(C(C)(F)F)n4)cc3)c2=O)CN1C(=O)c1ccc(Br)c(C(F)(F)F)c1. The van der Waals surface area contributed by atoms with Gasteiger partial charge in [0.1, 0.15) is 11.3 Å². The van der Waals surface area contributed by atoms with E-state index in [2.05, 4.69) is 26.1 Å². The van der Waals surface area contributed by atoms with Gasteiger partial charge in [-0.25, -0.2) is 9.20 Å². The zero-order valence-corrected chi connectivity index (χ0v) is 28.2. The molecule has 1 amide bonds. The van der Waals surface area contributed by atoms with E-state index in [1.165, 1.54) is 34.0 Å². The Bertz CT molecular complexity index is 2310. The van der Waals surface area contributed by atoms with Crippen LogP contribution in [-0.4, -0.2) is 40.8 Å². The van der Waals surface area contributed by atoms with Crippen molar-refractivity contribution in [3.8, 4) is 11.4 Å². The zero-order valence-electron chi connectivity index (χ0n) is 26.6. The van der Waals surface area contributed by atoms with Gasteiger partial charge < -0.3 is 4.90 Å². The van der Waals surface area contributed by atoms with E-state index in [1.54, 1.807) is 46.5 Å². The van der Waals surface area contributed by atoms with Gasteiger partial charge in [-0.3, -0.25) is 14.2 Å². The number of aromatic nitrogens is 5. The molecule has 0 spiro atoms. The Morgan fingerprint density at radius 3 is 2.32 bits per heavy atom. The van der Waals surface area contributed by atoms with Crippen LogP contribution < -0.4 is 5.56 Å². The van der Waals surface area contributed by atoms with Crippen molar-refractivity contribution in [3.63, 3.8) is 0 Å². The van der Waals surface area contributed by atoms with Gasteiger partial charge in [0.05, 0.1) is 35.4 Å². The molecular weight excluding hydrogens is 723 g/mol. The predicted octanol–water partition coefficient (Wildman–Crippen LogP) is 7.74. The van der Waals surface area contributed by atoms with Crippen molar-refractivity contribution in [2.45, 2.75) is 51.4 Å². The number of halogens is 6. The smallest absolute Gasteiger partial charge is 0.330 e. The first-order valence-corrected chi connectivity index (χ1v) is 16.4. The molecule has 1 atom stereocenters. The summed E-state index contributed by atoms with van der Waals surface area (Å²) in [6.07, 6.45) is -1.00. The first-order valence-electron chi connectivity index (χ1n) is 15.6. The van der Waals surface area contributed by atoms with Gasteiger partial charge in [0.15, 0.2) is 0 Å². The second-order valence-corrected chi connectivity index (χ2v) is 13.2. The van der Waals surface area contributed by atoms with Gasteiger partial charge in [0.25, 0.3) is 17.4 Å². The molecule has 50 heavy (non-hydrogen) atoms. The third kappa shape index (κ3) is 6.01. The molecule has 256 valence electrons. The number of benzene rings is 3. The van der Waals surface area contributed by atoms with Gasteiger partial charge in [-0.05, 0) is 67.4 Å². The maximum Gasteiger partial charge on any atom is 0.417 e. The number of rotatable bonds is 6. The average molecular weight is 752 g/mol. The molecule has 0 saturated carbocycles. The average Bonchev–Trinajstić information content (AvgIpc) is 3.74. The molecule has 0 fully saturated rings. The van der Waals surface area contributed by atoms with Gasteiger partial charge in [0, 0.05) is 46.7 Å². The Morgan fingerprint density at radius 2 is 1.66 bits per heavy atom. The van der Waals surface area contributed by atoms with Crippen LogP contribution in [0.2, 0.25) is 0 Å². The second-order valence-electron chi connectivity index (χ2n) is 12.4. The quantitative estimate of drug-likeness (QED) is 0.163. The fraction of sp³-hybridized carbons (Fsp3) is 0.222. The molecule has 14 heteroatoms. The van der Waals surface area contributed by atoms with Crippen LogP contribution in [0.5, 0.6) is 0 Å². The van der Waals surface area contributed by atoms with Crippen LogP contribution in [0.15, 0.2) is 101 Å². The summed E-state index contributed by atoms with van der Waals surface area (Å²) in [6.45, 7) is 2.46. The summed E-state index contributed by atoms with van der Waals surface area (Å²) in [6, 6.07) is 20.4. The summed E-state index contributed by atoms with van der Waals surface area (Å²) in [4.78, 5) is 29.7. The van der Waals surface area contributed by atoms with E-state index in [-0.39, 0.29) is 34.3 Å². The molecular formula is C36H28BrF5N6O2. The molecule has 0 unspecified atom stereocenters. The summed E-state index contributed by atoms with van der Waals surface area (Å²) in [5, 5.41) is 8.67. The summed E-state index contributed by atoms with van der Waals surface area (Å²) in [5.41, 5.74) is 2.25. The van der Waals surface area contributed by atoms with Crippen molar-refractivity contribution < 1.29 is 26.7 Å². The van der Waals surface area contributed by atoms with Gasteiger partial charge >= 0.3 is 6.18 Å². The van der Waals surface area contributed by atoms with Crippen LogP contribution in [0.4, 0.5) is 22.0 Å². The number of amides is 1. The lowest BCUT2D eigenvalue weighted by atomic mass is 9.97. The van der Waals surface area contributed by atoms with E-state index in [0.717, 1.165) is 24.1 Å². The molecule has 3 aromatic heterocycles. The van der Waals surface area contributed by atoms with Crippen LogP contribution in [0.3, 0.4) is 0 Å². The maximum absolute atomic E-state index is 14.5. The molecule has 6 aromatic rings. The number of hydrogen-bond donors (Lipinski definition) is 0. The highest BCUT2D eigenvalue weighted by Crippen LogP contribution is 2.36. The minimum Gasteiger partial charge on any atom is -0.330 e. The van der Waals surface area contributed by atoms with Crippen molar-refractivity contribution in [3.05, 3.63) is 145 Å². The fourth-order valence-corrected chi connectivity index (χ4v) is 6.81. The van der Waals surface area contributed by atoms with Crippen LogP contribution >= 0.6 is 15.9 Å². The Kier molecular flexibility index (Phi) is 8.24. The van der Waals surface area contributed by atoms with E-state index in [0.29, 0.717) is 34.7 Å². The van der Waals surface area contributed by atoms with Gasteiger partial charge in [-0.1, -0.05) is 46.3 Å². The minimum atomic E-state index is -4.67. The number of carbonyl (C=O) groups excluding carboxylic acids is 1.